The summed E-state index contributed by atoms with van der Waals surface area (Å²) in [6.07, 6.45) is 1.95. The second kappa shape index (κ2) is 8.56. The van der Waals surface area contributed by atoms with Crippen LogP contribution in [0.1, 0.15) is 5.56 Å². The van der Waals surface area contributed by atoms with Crippen molar-refractivity contribution in [3.63, 3.8) is 0 Å². The van der Waals surface area contributed by atoms with Crippen molar-refractivity contribution < 1.29 is 4.42 Å². The number of rotatable bonds is 5. The first-order valence-electron chi connectivity index (χ1n) is 11.3. The quantitative estimate of drug-likeness (QED) is 0.411. The van der Waals surface area contributed by atoms with Crippen LogP contribution in [0, 0.1) is 0 Å². The van der Waals surface area contributed by atoms with E-state index in [-0.39, 0.29) is 0 Å². The zero-order chi connectivity index (χ0) is 22.0. The molecule has 0 saturated carbocycles. The van der Waals surface area contributed by atoms with E-state index in [9.17, 15) is 0 Å². The number of nitrogens with zero attached hydrogens (tertiary/aromatic N) is 4. The molecule has 5 aromatic rings. The third kappa shape index (κ3) is 4.01. The van der Waals surface area contributed by atoms with Gasteiger partial charge in [-0.3, -0.25) is 10.00 Å². The van der Waals surface area contributed by atoms with Crippen LogP contribution in [0.2, 0.25) is 0 Å². The molecule has 0 amide bonds. The van der Waals surface area contributed by atoms with Gasteiger partial charge in [0.1, 0.15) is 5.52 Å². The number of nitrogens with one attached hydrogen (secondary N) is 1. The van der Waals surface area contributed by atoms with Crippen molar-refractivity contribution in [1.29, 1.82) is 0 Å². The lowest BCUT2D eigenvalue weighted by molar-refractivity contribution is 0.246. The van der Waals surface area contributed by atoms with Gasteiger partial charge < -0.3 is 9.32 Å². The molecule has 164 valence electrons. The Morgan fingerprint density at radius 3 is 2.24 bits per heavy atom. The van der Waals surface area contributed by atoms with Gasteiger partial charge in [-0.05, 0) is 28.8 Å². The minimum Gasteiger partial charge on any atom is -0.423 e. The predicted molar refractivity (Wildman–Crippen MR) is 131 cm³/mol. The number of H-pyrrole nitrogens is 1. The van der Waals surface area contributed by atoms with Crippen molar-refractivity contribution in [2.45, 2.75) is 6.54 Å². The molecule has 0 aliphatic carbocycles. The van der Waals surface area contributed by atoms with Gasteiger partial charge in [-0.25, -0.2) is 0 Å². The van der Waals surface area contributed by atoms with Crippen molar-refractivity contribution in [3.8, 4) is 22.4 Å². The minimum atomic E-state index is 0.721. The highest BCUT2D eigenvalue weighted by molar-refractivity contribution is 5.74. The average Bonchev–Trinajstić information content (AvgIpc) is 3.52. The Hall–Kier alpha value is -3.90. The molecule has 6 nitrogen and oxygen atoms in total. The molecule has 1 fully saturated rings. The molecular formula is C27H25N5O. The Morgan fingerprint density at radius 1 is 0.758 bits per heavy atom. The summed E-state index contributed by atoms with van der Waals surface area (Å²) in [6.45, 7) is 4.57. The summed E-state index contributed by atoms with van der Waals surface area (Å²) in [5.74, 6) is 0. The molecule has 1 N–H and O–H groups in total. The molecular weight excluding hydrogens is 410 g/mol. The van der Waals surface area contributed by atoms with E-state index in [0.29, 0.717) is 0 Å². The SMILES string of the molecule is c1ccc(-c2ccc(-c3[nH]ncc3CN3CCN(c4nc5ccccc5o4)CC3)cc2)cc1. The highest BCUT2D eigenvalue weighted by Gasteiger charge is 2.22. The molecule has 3 heterocycles. The Kier molecular flexibility index (Phi) is 5.13. The monoisotopic (exact) mass is 435 g/mol. The van der Waals surface area contributed by atoms with Crippen molar-refractivity contribution in [2.75, 3.05) is 31.1 Å². The van der Waals surface area contributed by atoms with Gasteiger partial charge in [-0.15, -0.1) is 0 Å². The Labute approximate surface area is 192 Å². The highest BCUT2D eigenvalue weighted by atomic mass is 16.4. The second-order valence-corrected chi connectivity index (χ2v) is 8.44. The summed E-state index contributed by atoms with van der Waals surface area (Å²) in [4.78, 5) is 9.34. The number of hydrogen-bond acceptors (Lipinski definition) is 5. The van der Waals surface area contributed by atoms with E-state index in [1.807, 2.05) is 36.5 Å². The van der Waals surface area contributed by atoms with Crippen LogP contribution in [0.15, 0.2) is 89.5 Å². The number of aromatic amines is 1. The molecule has 0 radical (unpaired) electrons. The van der Waals surface area contributed by atoms with Crippen LogP contribution < -0.4 is 4.90 Å². The fraction of sp³-hybridized carbons (Fsp3) is 0.185. The number of hydrogen-bond donors (Lipinski definition) is 1. The van der Waals surface area contributed by atoms with E-state index in [0.717, 1.165) is 61.1 Å². The summed E-state index contributed by atoms with van der Waals surface area (Å²) in [7, 11) is 0. The van der Waals surface area contributed by atoms with Gasteiger partial charge in [-0.2, -0.15) is 10.1 Å². The largest absolute Gasteiger partial charge is 0.423 e. The van der Waals surface area contributed by atoms with Crippen LogP contribution in [-0.2, 0) is 6.54 Å². The molecule has 1 aliphatic heterocycles. The lowest BCUT2D eigenvalue weighted by Crippen LogP contribution is -2.46. The van der Waals surface area contributed by atoms with Gasteiger partial charge in [0.05, 0.1) is 11.9 Å². The number of benzene rings is 3. The molecule has 0 atom stereocenters. The number of aromatic nitrogens is 3. The summed E-state index contributed by atoms with van der Waals surface area (Å²) < 4.78 is 5.95. The Balaban J connectivity index is 1.12. The number of para-hydroxylation sites is 2. The number of fused-ring (bicyclic) bond motifs is 1. The van der Waals surface area contributed by atoms with Crippen LogP contribution in [-0.4, -0.2) is 46.3 Å². The first kappa shape index (κ1) is 19.8. The lowest BCUT2D eigenvalue weighted by Gasteiger charge is -2.33. The van der Waals surface area contributed by atoms with Crippen molar-refractivity contribution in [2.24, 2.45) is 0 Å². The molecule has 0 spiro atoms. The normalized spacial score (nSPS) is 14.7. The van der Waals surface area contributed by atoms with Crippen LogP contribution in [0.5, 0.6) is 0 Å². The molecule has 0 unspecified atom stereocenters. The summed E-state index contributed by atoms with van der Waals surface area (Å²) in [5.41, 5.74) is 7.68. The van der Waals surface area contributed by atoms with Gasteiger partial charge in [0, 0.05) is 38.3 Å². The van der Waals surface area contributed by atoms with Gasteiger partial charge in [-0.1, -0.05) is 66.7 Å². The summed E-state index contributed by atoms with van der Waals surface area (Å²) >= 11 is 0. The summed E-state index contributed by atoms with van der Waals surface area (Å²) in [5, 5.41) is 7.55. The van der Waals surface area contributed by atoms with E-state index >= 15 is 0 Å². The predicted octanol–water partition coefficient (Wildman–Crippen LogP) is 5.21. The zero-order valence-corrected chi connectivity index (χ0v) is 18.3. The van der Waals surface area contributed by atoms with Crippen molar-refractivity contribution in [1.82, 2.24) is 20.1 Å². The second-order valence-electron chi connectivity index (χ2n) is 8.44. The highest BCUT2D eigenvalue weighted by Crippen LogP contribution is 2.27. The van der Waals surface area contributed by atoms with Crippen LogP contribution in [0.3, 0.4) is 0 Å². The number of oxazole rings is 1. The van der Waals surface area contributed by atoms with E-state index in [1.54, 1.807) is 0 Å². The maximum atomic E-state index is 5.95. The Morgan fingerprint density at radius 2 is 1.45 bits per heavy atom. The molecule has 3 aromatic carbocycles. The van der Waals surface area contributed by atoms with Gasteiger partial charge >= 0.3 is 0 Å². The maximum Gasteiger partial charge on any atom is 0.298 e. The Bertz CT molecular complexity index is 1320. The van der Waals surface area contributed by atoms with Crippen LogP contribution in [0.25, 0.3) is 33.5 Å². The number of piperazine rings is 1. The first-order chi connectivity index (χ1) is 16.3. The molecule has 2 aromatic heterocycles. The van der Waals surface area contributed by atoms with Crippen molar-refractivity contribution in [3.05, 3.63) is 90.6 Å². The van der Waals surface area contributed by atoms with Crippen LogP contribution >= 0.6 is 0 Å². The molecule has 1 saturated heterocycles. The van der Waals surface area contributed by atoms with E-state index in [2.05, 4.69) is 73.5 Å². The van der Waals surface area contributed by atoms with Gasteiger partial charge in [0.15, 0.2) is 5.58 Å². The van der Waals surface area contributed by atoms with Gasteiger partial charge in [0.25, 0.3) is 6.01 Å². The smallest absolute Gasteiger partial charge is 0.298 e. The van der Waals surface area contributed by atoms with E-state index in [1.165, 1.54) is 16.7 Å². The van der Waals surface area contributed by atoms with Crippen molar-refractivity contribution >= 4 is 17.1 Å². The fourth-order valence-corrected chi connectivity index (χ4v) is 4.47. The molecule has 6 rings (SSSR count). The molecule has 0 bridgehead atoms. The molecule has 6 heteroatoms. The average molecular weight is 436 g/mol. The fourth-order valence-electron chi connectivity index (χ4n) is 4.47. The molecule has 1 aliphatic rings. The lowest BCUT2D eigenvalue weighted by atomic mass is 10.0. The zero-order valence-electron chi connectivity index (χ0n) is 18.3. The molecule has 33 heavy (non-hydrogen) atoms. The summed E-state index contributed by atoms with van der Waals surface area (Å²) in [6, 6.07) is 27.8. The third-order valence-corrected chi connectivity index (χ3v) is 6.32. The standard InChI is InChI=1S/C27H25N5O/c1-2-6-20(7-3-1)21-10-12-22(13-11-21)26-23(18-28-30-26)19-31-14-16-32(17-15-31)27-29-24-8-4-5-9-25(24)33-27/h1-13,18H,14-17,19H2,(H,28,30). The minimum absolute atomic E-state index is 0.721. The van der Waals surface area contributed by atoms with Gasteiger partial charge in [0.2, 0.25) is 0 Å². The van der Waals surface area contributed by atoms with E-state index in [4.69, 9.17) is 4.42 Å². The van der Waals surface area contributed by atoms with Crippen LogP contribution in [0.4, 0.5) is 6.01 Å². The third-order valence-electron chi connectivity index (χ3n) is 6.32. The topological polar surface area (TPSA) is 61.2 Å². The number of anilines is 1. The van der Waals surface area contributed by atoms with E-state index < -0.39 is 0 Å². The first-order valence-corrected chi connectivity index (χ1v) is 11.3. The maximum absolute atomic E-state index is 5.95.